The monoisotopic (exact) mass is 285 g/mol. The number of aromatic nitrogens is 3. The third kappa shape index (κ3) is 4.57. The molecular formula is C14H15N5O2. The van der Waals surface area contributed by atoms with Crippen LogP contribution in [0.4, 0.5) is 11.9 Å². The first-order valence-electron chi connectivity index (χ1n) is 6.20. The lowest BCUT2D eigenvalue weighted by atomic mass is 10.1. The molecule has 1 aromatic carbocycles. The number of nitrogens with two attached hydrogens (primary N) is 2. The summed E-state index contributed by atoms with van der Waals surface area (Å²) in [5, 5.41) is 0. The highest BCUT2D eigenvalue weighted by atomic mass is 16.5. The van der Waals surface area contributed by atoms with Gasteiger partial charge in [-0.15, -0.1) is 0 Å². The molecule has 0 saturated heterocycles. The van der Waals surface area contributed by atoms with Gasteiger partial charge in [-0.1, -0.05) is 29.8 Å². The molecule has 0 radical (unpaired) electrons. The normalized spacial score (nSPS) is 10.7. The molecule has 0 amide bonds. The molecule has 0 bridgehead atoms. The van der Waals surface area contributed by atoms with E-state index in [1.54, 1.807) is 6.08 Å². The van der Waals surface area contributed by atoms with Crippen molar-refractivity contribution in [2.24, 2.45) is 0 Å². The van der Waals surface area contributed by atoms with Crippen molar-refractivity contribution in [2.75, 3.05) is 11.5 Å². The van der Waals surface area contributed by atoms with Gasteiger partial charge in [-0.3, -0.25) is 0 Å². The summed E-state index contributed by atoms with van der Waals surface area (Å²) >= 11 is 0. The van der Waals surface area contributed by atoms with E-state index < -0.39 is 5.97 Å². The Morgan fingerprint density at radius 2 is 1.76 bits per heavy atom. The first-order valence-corrected chi connectivity index (χ1v) is 6.20. The minimum atomic E-state index is -0.506. The number of nitrogen functional groups attached to an aromatic ring is 2. The number of carbonyl (C=O) groups is 1. The first kappa shape index (κ1) is 14.4. The van der Waals surface area contributed by atoms with Gasteiger partial charge in [0.1, 0.15) is 0 Å². The molecule has 2 rings (SSSR count). The van der Waals surface area contributed by atoms with Gasteiger partial charge in [0.25, 0.3) is 0 Å². The summed E-state index contributed by atoms with van der Waals surface area (Å²) < 4.78 is 4.99. The molecule has 0 spiro atoms. The molecule has 0 atom stereocenters. The zero-order chi connectivity index (χ0) is 15.2. The lowest BCUT2D eigenvalue weighted by Crippen LogP contribution is -2.09. The van der Waals surface area contributed by atoms with Crippen molar-refractivity contribution in [2.45, 2.75) is 13.5 Å². The second-order valence-corrected chi connectivity index (χ2v) is 4.32. The molecule has 1 heterocycles. The summed E-state index contributed by atoms with van der Waals surface area (Å²) in [5.41, 5.74) is 12.9. The van der Waals surface area contributed by atoms with Crippen LogP contribution in [0.1, 0.15) is 17.0 Å². The van der Waals surface area contributed by atoms with Crippen LogP contribution in [0.3, 0.4) is 0 Å². The molecule has 0 saturated carbocycles. The van der Waals surface area contributed by atoms with E-state index in [9.17, 15) is 4.79 Å². The fraction of sp³-hybridized carbons (Fsp3) is 0.143. The van der Waals surface area contributed by atoms with E-state index in [4.69, 9.17) is 16.2 Å². The fourth-order valence-corrected chi connectivity index (χ4v) is 1.55. The molecule has 108 valence electrons. The number of hydrogen-bond donors (Lipinski definition) is 2. The van der Waals surface area contributed by atoms with Gasteiger partial charge < -0.3 is 16.2 Å². The van der Waals surface area contributed by atoms with Gasteiger partial charge in [0.15, 0.2) is 12.4 Å². The second kappa shape index (κ2) is 6.47. The van der Waals surface area contributed by atoms with Crippen LogP contribution in [0, 0.1) is 6.92 Å². The minimum absolute atomic E-state index is 0.0104. The number of esters is 1. The molecule has 0 aliphatic rings. The molecular weight excluding hydrogens is 270 g/mol. The third-order valence-corrected chi connectivity index (χ3v) is 2.55. The largest absolute Gasteiger partial charge is 0.454 e. The number of aryl methyl sites for hydroxylation is 1. The smallest absolute Gasteiger partial charge is 0.331 e. The zero-order valence-corrected chi connectivity index (χ0v) is 11.5. The number of carbonyl (C=O) groups excluding carboxylic acids is 1. The fourth-order valence-electron chi connectivity index (χ4n) is 1.55. The van der Waals surface area contributed by atoms with Crippen molar-refractivity contribution >= 4 is 23.9 Å². The van der Waals surface area contributed by atoms with E-state index in [1.807, 2.05) is 31.2 Å². The van der Waals surface area contributed by atoms with E-state index in [2.05, 4.69) is 15.0 Å². The highest BCUT2D eigenvalue weighted by Gasteiger charge is 2.04. The topological polar surface area (TPSA) is 117 Å². The number of ether oxygens (including phenoxy) is 1. The van der Waals surface area contributed by atoms with Crippen molar-refractivity contribution in [1.29, 1.82) is 0 Å². The van der Waals surface area contributed by atoms with Crippen LogP contribution in [0.2, 0.25) is 0 Å². The Hall–Kier alpha value is -2.96. The quantitative estimate of drug-likeness (QED) is 0.638. The van der Waals surface area contributed by atoms with Gasteiger partial charge in [-0.2, -0.15) is 15.0 Å². The number of benzene rings is 1. The van der Waals surface area contributed by atoms with Crippen molar-refractivity contribution < 1.29 is 9.53 Å². The van der Waals surface area contributed by atoms with Gasteiger partial charge >= 0.3 is 5.97 Å². The Morgan fingerprint density at radius 1 is 1.14 bits per heavy atom. The predicted molar refractivity (Wildman–Crippen MR) is 78.7 cm³/mol. The number of anilines is 2. The molecule has 7 heteroatoms. The van der Waals surface area contributed by atoms with E-state index in [0.29, 0.717) is 0 Å². The standard InChI is InChI=1S/C14H15N5O2/c1-9-2-4-10(5-3-9)6-7-12(20)21-8-11-17-13(15)19-14(16)18-11/h2-7H,8H2,1H3,(H4,15,16,17,18,19)/b7-6+. The van der Waals surface area contributed by atoms with Crippen molar-refractivity contribution in [3.8, 4) is 0 Å². The Morgan fingerprint density at radius 3 is 2.38 bits per heavy atom. The van der Waals surface area contributed by atoms with Gasteiger partial charge in [0, 0.05) is 6.08 Å². The SMILES string of the molecule is Cc1ccc(/C=C/C(=O)OCc2nc(N)nc(N)n2)cc1. The molecule has 0 aliphatic heterocycles. The lowest BCUT2D eigenvalue weighted by Gasteiger charge is -2.02. The van der Waals surface area contributed by atoms with Gasteiger partial charge in [-0.25, -0.2) is 4.79 Å². The summed E-state index contributed by atoms with van der Waals surface area (Å²) in [6.45, 7) is 1.88. The maximum Gasteiger partial charge on any atom is 0.331 e. The number of hydrogen-bond acceptors (Lipinski definition) is 7. The van der Waals surface area contributed by atoms with Crippen LogP contribution in [-0.4, -0.2) is 20.9 Å². The Labute approximate surface area is 121 Å². The molecule has 0 fully saturated rings. The molecule has 0 aliphatic carbocycles. The van der Waals surface area contributed by atoms with E-state index in [1.165, 1.54) is 6.08 Å². The predicted octanol–water partition coefficient (Wildman–Crippen LogP) is 1.10. The van der Waals surface area contributed by atoms with Gasteiger partial charge in [0.05, 0.1) is 0 Å². The molecule has 2 aromatic rings. The molecule has 0 unspecified atom stereocenters. The zero-order valence-electron chi connectivity index (χ0n) is 11.5. The van der Waals surface area contributed by atoms with Gasteiger partial charge in [0.2, 0.25) is 11.9 Å². The number of rotatable bonds is 4. The van der Waals surface area contributed by atoms with Crippen molar-refractivity contribution in [3.63, 3.8) is 0 Å². The number of nitrogens with zero attached hydrogens (tertiary/aromatic N) is 3. The van der Waals surface area contributed by atoms with Crippen molar-refractivity contribution in [3.05, 3.63) is 47.3 Å². The lowest BCUT2D eigenvalue weighted by molar-refractivity contribution is -0.139. The molecule has 1 aromatic heterocycles. The van der Waals surface area contributed by atoms with Crippen LogP contribution < -0.4 is 11.5 Å². The maximum atomic E-state index is 11.6. The highest BCUT2D eigenvalue weighted by molar-refractivity contribution is 5.87. The van der Waals surface area contributed by atoms with Crippen LogP contribution in [0.5, 0.6) is 0 Å². The van der Waals surface area contributed by atoms with Gasteiger partial charge in [-0.05, 0) is 18.6 Å². The van der Waals surface area contributed by atoms with Crippen LogP contribution in [0.15, 0.2) is 30.3 Å². The summed E-state index contributed by atoms with van der Waals surface area (Å²) in [7, 11) is 0. The van der Waals surface area contributed by atoms with E-state index in [0.717, 1.165) is 11.1 Å². The maximum absolute atomic E-state index is 11.6. The summed E-state index contributed by atoms with van der Waals surface area (Å²) in [6.07, 6.45) is 3.00. The Bertz CT molecular complexity index is 647. The molecule has 7 nitrogen and oxygen atoms in total. The van der Waals surface area contributed by atoms with Crippen molar-refractivity contribution in [1.82, 2.24) is 15.0 Å². The first-order chi connectivity index (χ1) is 10.0. The second-order valence-electron chi connectivity index (χ2n) is 4.32. The van der Waals surface area contributed by atoms with Crippen LogP contribution >= 0.6 is 0 Å². The highest BCUT2D eigenvalue weighted by Crippen LogP contribution is 2.06. The molecule has 4 N–H and O–H groups in total. The Balaban J connectivity index is 1.91. The van der Waals surface area contributed by atoms with Crippen LogP contribution in [0.25, 0.3) is 6.08 Å². The average Bonchev–Trinajstić information content (AvgIpc) is 2.43. The molecule has 21 heavy (non-hydrogen) atoms. The average molecular weight is 285 g/mol. The summed E-state index contributed by atoms with van der Waals surface area (Å²) in [4.78, 5) is 22.8. The minimum Gasteiger partial charge on any atom is -0.454 e. The van der Waals surface area contributed by atoms with Crippen LogP contribution in [-0.2, 0) is 16.1 Å². The summed E-state index contributed by atoms with van der Waals surface area (Å²) in [5.74, 6) is -0.322. The summed E-state index contributed by atoms with van der Waals surface area (Å²) in [6, 6.07) is 7.74. The van der Waals surface area contributed by atoms with E-state index >= 15 is 0 Å². The van der Waals surface area contributed by atoms with E-state index in [-0.39, 0.29) is 24.3 Å². The third-order valence-electron chi connectivity index (χ3n) is 2.55. The Kier molecular flexibility index (Phi) is 4.45.